The Bertz CT molecular complexity index is 1260. The first-order valence-electron chi connectivity index (χ1n) is 8.74. The Hall–Kier alpha value is -3.52. The van der Waals surface area contributed by atoms with E-state index in [0.717, 1.165) is 10.0 Å². The Morgan fingerprint density at radius 3 is 2.66 bits per heavy atom. The highest BCUT2D eigenvalue weighted by Crippen LogP contribution is 2.23. The van der Waals surface area contributed by atoms with Crippen molar-refractivity contribution in [1.29, 1.82) is 0 Å². The van der Waals surface area contributed by atoms with Gasteiger partial charge in [0.1, 0.15) is 11.5 Å². The molecule has 29 heavy (non-hydrogen) atoms. The number of fused-ring (bicyclic) bond motifs is 1. The summed E-state index contributed by atoms with van der Waals surface area (Å²) in [6.45, 7) is 0. The monoisotopic (exact) mass is 450 g/mol. The van der Waals surface area contributed by atoms with Crippen molar-refractivity contribution in [2.24, 2.45) is 5.10 Å². The molecule has 7 nitrogen and oxygen atoms in total. The number of carbonyl (C=O) groups is 1. The van der Waals surface area contributed by atoms with Gasteiger partial charge in [0.2, 0.25) is 5.91 Å². The van der Waals surface area contributed by atoms with Gasteiger partial charge in [-0.05, 0) is 30.3 Å². The van der Waals surface area contributed by atoms with Crippen LogP contribution in [0.25, 0.3) is 22.1 Å². The molecule has 2 aromatic heterocycles. The van der Waals surface area contributed by atoms with Gasteiger partial charge in [0.15, 0.2) is 0 Å². The summed E-state index contributed by atoms with van der Waals surface area (Å²) in [7, 11) is 0. The number of furan rings is 1. The van der Waals surface area contributed by atoms with E-state index in [1.807, 2.05) is 30.3 Å². The molecule has 0 aliphatic carbocycles. The Morgan fingerprint density at radius 2 is 1.86 bits per heavy atom. The number of halogens is 1. The van der Waals surface area contributed by atoms with Crippen LogP contribution in [-0.2, 0) is 11.2 Å². The summed E-state index contributed by atoms with van der Waals surface area (Å²) in [5, 5.41) is 11.5. The van der Waals surface area contributed by atoms with Crippen LogP contribution in [0.3, 0.4) is 0 Å². The second kappa shape index (κ2) is 8.24. The van der Waals surface area contributed by atoms with E-state index in [1.54, 1.807) is 30.3 Å². The smallest absolute Gasteiger partial charge is 0.272 e. The fourth-order valence-corrected chi connectivity index (χ4v) is 3.12. The van der Waals surface area contributed by atoms with Crippen molar-refractivity contribution in [1.82, 2.24) is 15.6 Å². The van der Waals surface area contributed by atoms with Crippen LogP contribution in [0.4, 0.5) is 0 Å². The lowest BCUT2D eigenvalue weighted by molar-refractivity contribution is -0.120. The summed E-state index contributed by atoms with van der Waals surface area (Å²) in [6, 6.07) is 18.3. The number of hydrogen-bond donors (Lipinski definition) is 2. The summed E-state index contributed by atoms with van der Waals surface area (Å²) < 4.78 is 6.70. The zero-order valence-corrected chi connectivity index (χ0v) is 16.6. The number of hydrogen-bond acceptors (Lipinski definition) is 5. The summed E-state index contributed by atoms with van der Waals surface area (Å²) >= 11 is 3.40. The zero-order valence-electron chi connectivity index (χ0n) is 15.1. The van der Waals surface area contributed by atoms with E-state index < -0.39 is 0 Å². The van der Waals surface area contributed by atoms with Gasteiger partial charge >= 0.3 is 0 Å². The molecule has 0 bridgehead atoms. The maximum absolute atomic E-state index is 12.2. The van der Waals surface area contributed by atoms with Crippen LogP contribution in [0.2, 0.25) is 0 Å². The van der Waals surface area contributed by atoms with Crippen LogP contribution in [0.1, 0.15) is 11.5 Å². The maximum atomic E-state index is 12.2. The largest absolute Gasteiger partial charge is 0.455 e. The van der Waals surface area contributed by atoms with E-state index in [1.165, 1.54) is 6.21 Å². The number of aromatic nitrogens is 2. The lowest BCUT2D eigenvalue weighted by atomic mass is 10.1. The van der Waals surface area contributed by atoms with Gasteiger partial charge in [0.05, 0.1) is 23.7 Å². The number of aromatic amines is 1. The average Bonchev–Trinajstić information content (AvgIpc) is 3.20. The molecule has 1 amide bonds. The minimum Gasteiger partial charge on any atom is -0.455 e. The molecule has 0 fully saturated rings. The highest BCUT2D eigenvalue weighted by Gasteiger charge is 2.10. The van der Waals surface area contributed by atoms with Crippen molar-refractivity contribution in [2.75, 3.05) is 0 Å². The highest BCUT2D eigenvalue weighted by atomic mass is 79.9. The molecular formula is C21H15BrN4O3. The van der Waals surface area contributed by atoms with Crippen molar-refractivity contribution in [3.63, 3.8) is 0 Å². The third kappa shape index (κ3) is 4.33. The minimum absolute atomic E-state index is 0.0169. The van der Waals surface area contributed by atoms with Crippen molar-refractivity contribution in [3.05, 3.63) is 86.9 Å². The first kappa shape index (κ1) is 18.8. The van der Waals surface area contributed by atoms with E-state index in [2.05, 4.69) is 36.7 Å². The van der Waals surface area contributed by atoms with E-state index in [-0.39, 0.29) is 17.9 Å². The Labute approximate surface area is 173 Å². The van der Waals surface area contributed by atoms with Crippen molar-refractivity contribution >= 4 is 38.8 Å². The molecule has 144 valence electrons. The van der Waals surface area contributed by atoms with Gasteiger partial charge in [-0.15, -0.1) is 0 Å². The molecule has 0 atom stereocenters. The van der Waals surface area contributed by atoms with E-state index >= 15 is 0 Å². The molecular weight excluding hydrogens is 436 g/mol. The van der Waals surface area contributed by atoms with Crippen molar-refractivity contribution in [3.8, 4) is 11.3 Å². The van der Waals surface area contributed by atoms with E-state index in [9.17, 15) is 9.59 Å². The lowest BCUT2D eigenvalue weighted by Crippen LogP contribution is -2.22. The summed E-state index contributed by atoms with van der Waals surface area (Å²) in [5.41, 5.74) is 3.57. The Morgan fingerprint density at radius 1 is 1.10 bits per heavy atom. The molecule has 4 aromatic rings. The van der Waals surface area contributed by atoms with Gasteiger partial charge in [0, 0.05) is 15.4 Å². The quantitative estimate of drug-likeness (QED) is 0.358. The highest BCUT2D eigenvalue weighted by molar-refractivity contribution is 9.10. The molecule has 2 N–H and O–H groups in total. The molecule has 0 saturated carbocycles. The number of H-pyrrole nitrogens is 1. The van der Waals surface area contributed by atoms with E-state index in [0.29, 0.717) is 28.0 Å². The van der Waals surface area contributed by atoms with Gasteiger partial charge in [-0.3, -0.25) is 9.59 Å². The van der Waals surface area contributed by atoms with Crippen LogP contribution in [-0.4, -0.2) is 22.3 Å². The summed E-state index contributed by atoms with van der Waals surface area (Å²) in [5.74, 6) is 0.857. The Balaban J connectivity index is 1.42. The number of nitrogens with zero attached hydrogens (tertiary/aromatic N) is 2. The fraction of sp³-hybridized carbons (Fsp3) is 0.0476. The Kier molecular flexibility index (Phi) is 5.35. The van der Waals surface area contributed by atoms with Crippen LogP contribution in [0.5, 0.6) is 0 Å². The van der Waals surface area contributed by atoms with Gasteiger partial charge in [-0.2, -0.15) is 10.2 Å². The van der Waals surface area contributed by atoms with Crippen molar-refractivity contribution < 1.29 is 9.21 Å². The minimum atomic E-state index is -0.356. The SMILES string of the molecule is O=C(Cc1n[nH]c(=O)c2ccccc12)NN=Cc1ccc(-c2ccc(Br)cc2)o1. The number of hydrazone groups is 1. The second-order valence-corrected chi connectivity index (χ2v) is 7.14. The van der Waals surface area contributed by atoms with Crippen molar-refractivity contribution in [2.45, 2.75) is 6.42 Å². The van der Waals surface area contributed by atoms with Gasteiger partial charge < -0.3 is 4.42 Å². The van der Waals surface area contributed by atoms with Crippen LogP contribution < -0.4 is 11.0 Å². The maximum Gasteiger partial charge on any atom is 0.272 e. The first-order chi connectivity index (χ1) is 14.1. The zero-order chi connectivity index (χ0) is 20.2. The van der Waals surface area contributed by atoms with Crippen LogP contribution in [0.15, 0.2) is 79.4 Å². The van der Waals surface area contributed by atoms with E-state index in [4.69, 9.17) is 4.42 Å². The average molecular weight is 451 g/mol. The van der Waals surface area contributed by atoms with Gasteiger partial charge in [0.25, 0.3) is 5.56 Å². The molecule has 0 radical (unpaired) electrons. The fourth-order valence-electron chi connectivity index (χ4n) is 2.86. The molecule has 2 aromatic carbocycles. The first-order valence-corrected chi connectivity index (χ1v) is 9.53. The van der Waals surface area contributed by atoms with Crippen LogP contribution >= 0.6 is 15.9 Å². The molecule has 0 spiro atoms. The normalized spacial score (nSPS) is 11.2. The third-order valence-electron chi connectivity index (χ3n) is 4.24. The molecule has 2 heterocycles. The van der Waals surface area contributed by atoms with Gasteiger partial charge in [-0.25, -0.2) is 10.5 Å². The lowest BCUT2D eigenvalue weighted by Gasteiger charge is -2.03. The standard InChI is InChI=1S/C21H15BrN4O3/c22-14-7-5-13(6-8-14)19-10-9-15(29-19)12-23-25-20(27)11-18-16-3-1-2-4-17(16)21(28)26-24-18/h1-10,12H,11H2,(H,25,27)(H,26,28). The summed E-state index contributed by atoms with van der Waals surface area (Å²) in [6.07, 6.45) is 1.41. The molecule has 0 unspecified atom stereocenters. The molecule has 4 rings (SSSR count). The number of carbonyl (C=O) groups excluding carboxylic acids is 1. The third-order valence-corrected chi connectivity index (χ3v) is 4.77. The molecule has 0 aliphatic heterocycles. The van der Waals surface area contributed by atoms with Crippen LogP contribution in [0, 0.1) is 0 Å². The number of rotatable bonds is 5. The second-order valence-electron chi connectivity index (χ2n) is 6.22. The predicted octanol–water partition coefficient (Wildman–Crippen LogP) is 3.64. The number of nitrogens with one attached hydrogen (secondary N) is 2. The number of amides is 1. The summed E-state index contributed by atoms with van der Waals surface area (Å²) in [4.78, 5) is 24.0. The van der Waals surface area contributed by atoms with Gasteiger partial charge in [-0.1, -0.05) is 46.3 Å². The molecule has 8 heteroatoms. The molecule has 0 aliphatic rings. The number of benzene rings is 2. The molecule has 0 saturated heterocycles. The predicted molar refractivity (Wildman–Crippen MR) is 114 cm³/mol. The topological polar surface area (TPSA) is 100 Å².